The normalized spacial score (nSPS) is 10.7. The molecular weight excluding hydrogens is 289 g/mol. The zero-order valence-corrected chi connectivity index (χ0v) is 12.9. The van der Waals surface area contributed by atoms with Gasteiger partial charge in [0.1, 0.15) is 0 Å². The fourth-order valence-electron chi connectivity index (χ4n) is 2.13. The molecule has 0 saturated heterocycles. The average Bonchev–Trinajstić information content (AvgIpc) is 2.46. The molecule has 0 aliphatic heterocycles. The minimum Gasteiger partial charge on any atom is -0.316 e. The first kappa shape index (κ1) is 15.4. The number of hydrogen-bond acceptors (Lipinski definition) is 1. The second kappa shape index (κ2) is 8.31. The van der Waals surface area contributed by atoms with Crippen molar-refractivity contribution in [3.05, 3.63) is 69.7 Å². The van der Waals surface area contributed by atoms with Gasteiger partial charge < -0.3 is 5.32 Å². The molecule has 1 nitrogen and oxygen atoms in total. The Morgan fingerprint density at radius 3 is 2.40 bits per heavy atom. The van der Waals surface area contributed by atoms with E-state index >= 15 is 0 Å². The molecule has 0 saturated carbocycles. The smallest absolute Gasteiger partial charge is 0.0453 e. The van der Waals surface area contributed by atoms with Crippen LogP contribution in [0.3, 0.4) is 0 Å². The molecule has 0 aliphatic rings. The Labute approximate surface area is 130 Å². The van der Waals surface area contributed by atoms with E-state index in [0.29, 0.717) is 5.02 Å². The van der Waals surface area contributed by atoms with Crippen LogP contribution in [0.1, 0.15) is 17.5 Å². The topological polar surface area (TPSA) is 12.0 Å². The van der Waals surface area contributed by atoms with Gasteiger partial charge in [-0.05, 0) is 55.6 Å². The van der Waals surface area contributed by atoms with Crippen LogP contribution in [0, 0.1) is 0 Å². The van der Waals surface area contributed by atoms with Crippen LogP contribution in [0.4, 0.5) is 0 Å². The molecule has 0 spiro atoms. The molecule has 0 unspecified atom stereocenters. The summed E-state index contributed by atoms with van der Waals surface area (Å²) in [5, 5.41) is 4.90. The predicted octanol–water partition coefficient (Wildman–Crippen LogP) is 4.76. The molecule has 0 amide bonds. The van der Waals surface area contributed by atoms with E-state index in [9.17, 15) is 0 Å². The fraction of sp³-hybridized carbons (Fsp3) is 0.294. The molecule has 2 aromatic rings. The monoisotopic (exact) mass is 307 g/mol. The molecule has 2 aromatic carbocycles. The molecular formula is C17H19Cl2N. The third-order valence-electron chi connectivity index (χ3n) is 3.25. The summed E-state index contributed by atoms with van der Waals surface area (Å²) in [7, 11) is 0. The highest BCUT2D eigenvalue weighted by atomic mass is 35.5. The van der Waals surface area contributed by atoms with Gasteiger partial charge in [-0.15, -0.1) is 0 Å². The maximum atomic E-state index is 6.14. The number of hydrogen-bond donors (Lipinski definition) is 1. The van der Waals surface area contributed by atoms with E-state index in [4.69, 9.17) is 23.2 Å². The quantitative estimate of drug-likeness (QED) is 0.727. The number of nitrogens with one attached hydrogen (secondary N) is 1. The molecule has 1 N–H and O–H groups in total. The van der Waals surface area contributed by atoms with Crippen LogP contribution in [0.15, 0.2) is 48.5 Å². The zero-order chi connectivity index (χ0) is 14.2. The van der Waals surface area contributed by atoms with E-state index in [2.05, 4.69) is 35.6 Å². The minimum absolute atomic E-state index is 0.689. The summed E-state index contributed by atoms with van der Waals surface area (Å²) in [6.45, 7) is 1.97. The Kier molecular flexibility index (Phi) is 6.38. The summed E-state index contributed by atoms with van der Waals surface area (Å²) >= 11 is 12.0. The number of halogens is 2. The summed E-state index contributed by atoms with van der Waals surface area (Å²) in [6.07, 6.45) is 3.20. The number of rotatable bonds is 7. The van der Waals surface area contributed by atoms with E-state index in [1.807, 2.05) is 12.1 Å². The summed E-state index contributed by atoms with van der Waals surface area (Å²) in [4.78, 5) is 0. The molecule has 20 heavy (non-hydrogen) atoms. The number of benzene rings is 2. The van der Waals surface area contributed by atoms with E-state index in [1.165, 1.54) is 5.56 Å². The van der Waals surface area contributed by atoms with Gasteiger partial charge in [0.15, 0.2) is 0 Å². The van der Waals surface area contributed by atoms with Gasteiger partial charge in [-0.3, -0.25) is 0 Å². The van der Waals surface area contributed by atoms with Crippen LogP contribution >= 0.6 is 23.2 Å². The molecule has 0 heterocycles. The molecule has 0 atom stereocenters. The molecule has 0 aliphatic carbocycles. The first-order valence-corrected chi connectivity index (χ1v) is 7.70. The van der Waals surface area contributed by atoms with Gasteiger partial charge >= 0.3 is 0 Å². The first-order valence-electron chi connectivity index (χ1n) is 6.94. The molecule has 106 valence electrons. The van der Waals surface area contributed by atoms with Gasteiger partial charge in [0.2, 0.25) is 0 Å². The lowest BCUT2D eigenvalue weighted by atomic mass is 10.1. The fourth-order valence-corrected chi connectivity index (χ4v) is 2.64. The third kappa shape index (κ3) is 5.16. The van der Waals surface area contributed by atoms with Gasteiger partial charge in [-0.2, -0.15) is 0 Å². The van der Waals surface area contributed by atoms with Crippen molar-refractivity contribution in [1.82, 2.24) is 5.32 Å². The van der Waals surface area contributed by atoms with Crippen LogP contribution in [0.2, 0.25) is 10.0 Å². The predicted molar refractivity (Wildman–Crippen MR) is 87.8 cm³/mol. The Morgan fingerprint density at radius 2 is 1.65 bits per heavy atom. The van der Waals surface area contributed by atoms with Gasteiger partial charge in [0.25, 0.3) is 0 Å². The van der Waals surface area contributed by atoms with E-state index in [0.717, 1.165) is 42.9 Å². The second-order valence-corrected chi connectivity index (χ2v) is 5.67. The summed E-state index contributed by atoms with van der Waals surface area (Å²) in [5.41, 5.74) is 2.54. The summed E-state index contributed by atoms with van der Waals surface area (Å²) < 4.78 is 0. The molecule has 0 radical (unpaired) electrons. The van der Waals surface area contributed by atoms with E-state index in [-0.39, 0.29) is 0 Å². The zero-order valence-electron chi connectivity index (χ0n) is 11.4. The minimum atomic E-state index is 0.689. The Hall–Kier alpha value is -1.02. The van der Waals surface area contributed by atoms with Crippen molar-refractivity contribution in [1.29, 1.82) is 0 Å². The van der Waals surface area contributed by atoms with Crippen molar-refractivity contribution in [2.45, 2.75) is 19.3 Å². The van der Waals surface area contributed by atoms with E-state index < -0.39 is 0 Å². The van der Waals surface area contributed by atoms with Crippen molar-refractivity contribution in [3.63, 3.8) is 0 Å². The van der Waals surface area contributed by atoms with Crippen molar-refractivity contribution < 1.29 is 0 Å². The number of aryl methyl sites for hydroxylation is 1. The Bertz CT molecular complexity index is 526. The standard InChI is InChI=1S/C17H19Cl2N/c18-16-9-8-15(17(19)13-16)10-12-20-11-4-7-14-5-2-1-3-6-14/h1-3,5-6,8-9,13,20H,4,7,10-12H2. The molecule has 0 fully saturated rings. The van der Waals surface area contributed by atoms with Crippen LogP contribution in [-0.4, -0.2) is 13.1 Å². The maximum absolute atomic E-state index is 6.14. The Morgan fingerprint density at radius 1 is 0.850 bits per heavy atom. The largest absolute Gasteiger partial charge is 0.316 e. The molecule has 3 heteroatoms. The van der Waals surface area contributed by atoms with Crippen LogP contribution in [-0.2, 0) is 12.8 Å². The first-order chi connectivity index (χ1) is 9.75. The van der Waals surface area contributed by atoms with Gasteiger partial charge in [0.05, 0.1) is 0 Å². The average molecular weight is 308 g/mol. The molecule has 0 bridgehead atoms. The van der Waals surface area contributed by atoms with Crippen molar-refractivity contribution in [3.8, 4) is 0 Å². The summed E-state index contributed by atoms with van der Waals surface area (Å²) in [6, 6.07) is 16.3. The van der Waals surface area contributed by atoms with Gasteiger partial charge in [-0.25, -0.2) is 0 Å². The van der Waals surface area contributed by atoms with Crippen molar-refractivity contribution in [2.75, 3.05) is 13.1 Å². The van der Waals surface area contributed by atoms with Crippen molar-refractivity contribution in [2.24, 2.45) is 0 Å². The highest BCUT2D eigenvalue weighted by molar-refractivity contribution is 6.35. The lowest BCUT2D eigenvalue weighted by molar-refractivity contribution is 0.647. The van der Waals surface area contributed by atoms with Crippen LogP contribution < -0.4 is 5.32 Å². The SMILES string of the molecule is Clc1ccc(CCNCCCc2ccccc2)c(Cl)c1. The third-order valence-corrected chi connectivity index (χ3v) is 3.84. The Balaban J connectivity index is 1.62. The maximum Gasteiger partial charge on any atom is 0.0453 e. The van der Waals surface area contributed by atoms with Crippen molar-refractivity contribution >= 4 is 23.2 Å². The van der Waals surface area contributed by atoms with E-state index in [1.54, 1.807) is 6.07 Å². The molecule has 2 rings (SSSR count). The lowest BCUT2D eigenvalue weighted by Gasteiger charge is -2.07. The second-order valence-electron chi connectivity index (χ2n) is 4.82. The van der Waals surface area contributed by atoms with Crippen LogP contribution in [0.5, 0.6) is 0 Å². The van der Waals surface area contributed by atoms with Gasteiger partial charge in [0, 0.05) is 10.0 Å². The summed E-state index contributed by atoms with van der Waals surface area (Å²) in [5.74, 6) is 0. The molecule has 0 aromatic heterocycles. The van der Waals surface area contributed by atoms with Crippen LogP contribution in [0.25, 0.3) is 0 Å². The van der Waals surface area contributed by atoms with Gasteiger partial charge in [-0.1, -0.05) is 59.6 Å². The highest BCUT2D eigenvalue weighted by Crippen LogP contribution is 2.20. The highest BCUT2D eigenvalue weighted by Gasteiger charge is 2.00. The lowest BCUT2D eigenvalue weighted by Crippen LogP contribution is -2.19.